The van der Waals surface area contributed by atoms with Crippen molar-refractivity contribution >= 4 is 38.1 Å². The van der Waals surface area contributed by atoms with Crippen LogP contribution in [0.3, 0.4) is 0 Å². The van der Waals surface area contributed by atoms with Gasteiger partial charge in [0.1, 0.15) is 5.75 Å². The number of ether oxygens (including phenoxy) is 3. The van der Waals surface area contributed by atoms with E-state index < -0.39 is 4.92 Å². The van der Waals surface area contributed by atoms with Gasteiger partial charge in [0.25, 0.3) is 5.69 Å². The average Bonchev–Trinajstić information content (AvgIpc) is 3.01. The van der Waals surface area contributed by atoms with Crippen LogP contribution < -0.4 is 19.5 Å². The first-order valence-electron chi connectivity index (χ1n) is 7.17. The summed E-state index contributed by atoms with van der Waals surface area (Å²) in [6.45, 7) is 0. The zero-order valence-electron chi connectivity index (χ0n) is 13.7. The summed E-state index contributed by atoms with van der Waals surface area (Å²) >= 11 is 1.39. The van der Waals surface area contributed by atoms with Crippen molar-refractivity contribution in [2.45, 2.75) is 0 Å². The Morgan fingerprint density at radius 2 is 1.72 bits per heavy atom. The molecule has 0 aliphatic rings. The number of nitro groups is 1. The van der Waals surface area contributed by atoms with Crippen LogP contribution in [0.25, 0.3) is 10.2 Å². The number of nitrogens with zero attached hydrogens (tertiary/aromatic N) is 2. The van der Waals surface area contributed by atoms with E-state index in [1.807, 2.05) is 6.07 Å². The summed E-state index contributed by atoms with van der Waals surface area (Å²) in [7, 11) is 4.63. The molecule has 130 valence electrons. The van der Waals surface area contributed by atoms with Crippen molar-refractivity contribution in [3.8, 4) is 17.2 Å². The fourth-order valence-electron chi connectivity index (χ4n) is 2.33. The number of anilines is 2. The van der Waals surface area contributed by atoms with Gasteiger partial charge in [-0.15, -0.1) is 0 Å². The second kappa shape index (κ2) is 6.81. The van der Waals surface area contributed by atoms with E-state index in [9.17, 15) is 10.1 Å². The van der Waals surface area contributed by atoms with Crippen LogP contribution in [0.15, 0.2) is 30.3 Å². The maximum atomic E-state index is 11.0. The van der Waals surface area contributed by atoms with Crippen LogP contribution in [-0.2, 0) is 0 Å². The molecule has 8 nitrogen and oxygen atoms in total. The van der Waals surface area contributed by atoms with Crippen LogP contribution in [0.2, 0.25) is 0 Å². The van der Waals surface area contributed by atoms with Gasteiger partial charge in [-0.25, -0.2) is 4.98 Å². The maximum Gasteiger partial charge on any atom is 0.271 e. The molecule has 0 amide bonds. The average molecular weight is 361 g/mol. The highest BCUT2D eigenvalue weighted by atomic mass is 32.1. The van der Waals surface area contributed by atoms with Gasteiger partial charge < -0.3 is 19.5 Å². The number of fused-ring (bicyclic) bond motifs is 1. The fourth-order valence-corrected chi connectivity index (χ4v) is 3.22. The van der Waals surface area contributed by atoms with Gasteiger partial charge in [0, 0.05) is 24.3 Å². The van der Waals surface area contributed by atoms with Crippen LogP contribution >= 0.6 is 11.3 Å². The van der Waals surface area contributed by atoms with Crippen LogP contribution in [0.4, 0.5) is 16.5 Å². The molecule has 2 aromatic carbocycles. The Morgan fingerprint density at radius 1 is 1.04 bits per heavy atom. The topological polar surface area (TPSA) is 95.8 Å². The predicted octanol–water partition coefficient (Wildman–Crippen LogP) is 3.97. The van der Waals surface area contributed by atoms with Gasteiger partial charge >= 0.3 is 0 Å². The van der Waals surface area contributed by atoms with Gasteiger partial charge in [0.05, 0.1) is 42.2 Å². The zero-order chi connectivity index (χ0) is 18.0. The molecule has 1 heterocycles. The van der Waals surface area contributed by atoms with Crippen molar-refractivity contribution < 1.29 is 19.1 Å². The molecule has 0 atom stereocenters. The summed E-state index contributed by atoms with van der Waals surface area (Å²) in [6, 6.07) is 7.95. The maximum absolute atomic E-state index is 11.0. The minimum absolute atomic E-state index is 0.0345. The van der Waals surface area contributed by atoms with Gasteiger partial charge in [-0.1, -0.05) is 11.3 Å². The molecule has 0 fully saturated rings. The summed E-state index contributed by atoms with van der Waals surface area (Å²) in [4.78, 5) is 15.0. The summed E-state index contributed by atoms with van der Waals surface area (Å²) in [6.07, 6.45) is 0. The molecular formula is C16H15N3O5S. The summed E-state index contributed by atoms with van der Waals surface area (Å²) < 4.78 is 16.7. The molecule has 0 spiro atoms. The number of methoxy groups -OCH3 is 3. The number of non-ortho nitro benzene ring substituents is 1. The Labute approximate surface area is 147 Å². The number of thiazole rings is 1. The summed E-state index contributed by atoms with van der Waals surface area (Å²) in [5, 5.41) is 14.6. The van der Waals surface area contributed by atoms with Crippen molar-refractivity contribution in [2.24, 2.45) is 0 Å². The molecular weight excluding hydrogens is 346 g/mol. The van der Waals surface area contributed by atoms with Crippen LogP contribution in [0, 0.1) is 10.1 Å². The van der Waals surface area contributed by atoms with Crippen LogP contribution in [-0.4, -0.2) is 31.2 Å². The Morgan fingerprint density at radius 3 is 2.36 bits per heavy atom. The smallest absolute Gasteiger partial charge is 0.271 e. The highest BCUT2D eigenvalue weighted by molar-refractivity contribution is 7.22. The monoisotopic (exact) mass is 361 g/mol. The molecule has 9 heteroatoms. The standard InChI is InChI=1S/C16H15N3O5S/c1-22-12-5-4-9(19(20)21)6-10(12)17-16-18-11-7-13(23-2)14(24-3)8-15(11)25-16/h4-8H,1-3H3,(H,17,18). The molecule has 0 unspecified atom stereocenters. The van der Waals surface area contributed by atoms with Gasteiger partial charge in [-0.2, -0.15) is 0 Å². The lowest BCUT2D eigenvalue weighted by Gasteiger charge is -2.08. The number of benzene rings is 2. The molecule has 3 aromatic rings. The predicted molar refractivity (Wildman–Crippen MR) is 95.7 cm³/mol. The van der Waals surface area contributed by atoms with E-state index in [0.717, 1.165) is 10.2 Å². The normalized spacial score (nSPS) is 10.5. The van der Waals surface area contributed by atoms with Gasteiger partial charge in [-0.3, -0.25) is 10.1 Å². The lowest BCUT2D eigenvalue weighted by Crippen LogP contribution is -1.96. The number of rotatable bonds is 6. The minimum Gasteiger partial charge on any atom is -0.495 e. The van der Waals surface area contributed by atoms with Crippen molar-refractivity contribution in [3.05, 3.63) is 40.4 Å². The highest BCUT2D eigenvalue weighted by Crippen LogP contribution is 2.38. The van der Waals surface area contributed by atoms with Crippen LogP contribution in [0.5, 0.6) is 17.2 Å². The van der Waals surface area contributed by atoms with Crippen molar-refractivity contribution in [2.75, 3.05) is 26.6 Å². The summed E-state index contributed by atoms with van der Waals surface area (Å²) in [5.41, 5.74) is 1.16. The number of hydrogen-bond acceptors (Lipinski definition) is 8. The first-order chi connectivity index (χ1) is 12.0. The van der Waals surface area contributed by atoms with Gasteiger partial charge in [-0.05, 0) is 6.07 Å². The van der Waals surface area contributed by atoms with Crippen LogP contribution in [0.1, 0.15) is 0 Å². The zero-order valence-corrected chi connectivity index (χ0v) is 14.5. The van der Waals surface area contributed by atoms with Crippen molar-refractivity contribution in [1.29, 1.82) is 0 Å². The van der Waals surface area contributed by atoms with E-state index >= 15 is 0 Å². The van der Waals surface area contributed by atoms with E-state index in [1.165, 1.54) is 30.6 Å². The van der Waals surface area contributed by atoms with Gasteiger partial charge in [0.15, 0.2) is 16.6 Å². The van der Waals surface area contributed by atoms with E-state index in [4.69, 9.17) is 14.2 Å². The molecule has 0 radical (unpaired) electrons. The molecule has 0 aliphatic heterocycles. The third-order valence-corrected chi connectivity index (χ3v) is 4.46. The lowest BCUT2D eigenvalue weighted by molar-refractivity contribution is -0.384. The lowest BCUT2D eigenvalue weighted by atomic mass is 10.2. The quantitative estimate of drug-likeness (QED) is 0.524. The SMILES string of the molecule is COc1ccc([N+](=O)[O-])cc1Nc1nc2cc(OC)c(OC)cc2s1. The number of aromatic nitrogens is 1. The fraction of sp³-hybridized carbons (Fsp3) is 0.188. The summed E-state index contributed by atoms with van der Waals surface area (Å²) in [5.74, 6) is 1.68. The van der Waals surface area contributed by atoms with Crippen molar-refractivity contribution in [1.82, 2.24) is 4.98 Å². The largest absolute Gasteiger partial charge is 0.495 e. The third-order valence-electron chi connectivity index (χ3n) is 3.53. The van der Waals surface area contributed by atoms with E-state index in [0.29, 0.717) is 28.1 Å². The molecule has 3 rings (SSSR count). The Hall–Kier alpha value is -3.07. The number of hydrogen-bond donors (Lipinski definition) is 1. The molecule has 1 N–H and O–H groups in total. The molecule has 0 aliphatic carbocycles. The Balaban J connectivity index is 2.00. The molecule has 0 saturated heterocycles. The highest BCUT2D eigenvalue weighted by Gasteiger charge is 2.15. The second-order valence-electron chi connectivity index (χ2n) is 4.96. The Kier molecular flexibility index (Phi) is 4.57. The third kappa shape index (κ3) is 3.26. The molecule has 0 saturated carbocycles. The van der Waals surface area contributed by atoms with E-state index in [1.54, 1.807) is 26.4 Å². The first kappa shape index (κ1) is 16.8. The molecule has 1 aromatic heterocycles. The van der Waals surface area contributed by atoms with Crippen molar-refractivity contribution in [3.63, 3.8) is 0 Å². The number of nitrogens with one attached hydrogen (secondary N) is 1. The van der Waals surface area contributed by atoms with E-state index in [2.05, 4.69) is 10.3 Å². The second-order valence-corrected chi connectivity index (χ2v) is 5.99. The first-order valence-corrected chi connectivity index (χ1v) is 7.99. The van der Waals surface area contributed by atoms with E-state index in [-0.39, 0.29) is 5.69 Å². The molecule has 25 heavy (non-hydrogen) atoms. The Bertz CT molecular complexity index is 900. The number of nitro benzene ring substituents is 1. The van der Waals surface area contributed by atoms with Gasteiger partial charge in [0.2, 0.25) is 0 Å². The minimum atomic E-state index is -0.460. The molecule has 0 bridgehead atoms.